The van der Waals surface area contributed by atoms with Gasteiger partial charge in [-0.3, -0.25) is 9.98 Å². The molecule has 0 aliphatic carbocycles. The molecule has 3 aromatic heterocycles. The summed E-state index contributed by atoms with van der Waals surface area (Å²) < 4.78 is 14.3. The predicted octanol–water partition coefficient (Wildman–Crippen LogP) is 4.97. The fourth-order valence-electron chi connectivity index (χ4n) is 3.40. The molecule has 0 amide bonds. The molecule has 5 rings (SSSR count). The second-order valence-corrected chi connectivity index (χ2v) is 6.81. The second-order valence-electron chi connectivity index (χ2n) is 6.81. The molecule has 1 aliphatic heterocycles. The number of aromatic nitrogens is 4. The topological polar surface area (TPSA) is 63.9 Å². The average Bonchev–Trinajstić information content (AvgIpc) is 3.22. The highest BCUT2D eigenvalue weighted by Gasteiger charge is 2.20. The number of hydrogen-bond acceptors (Lipinski definition) is 5. The maximum atomic E-state index is 14.3. The van der Waals surface area contributed by atoms with E-state index in [-0.39, 0.29) is 5.82 Å². The van der Waals surface area contributed by atoms with Gasteiger partial charge >= 0.3 is 0 Å². The Labute approximate surface area is 167 Å². The van der Waals surface area contributed by atoms with E-state index in [0.29, 0.717) is 34.8 Å². The highest BCUT2D eigenvalue weighted by Crippen LogP contribution is 2.36. The molecular weight excluding hydrogens is 365 g/mol. The first-order valence-electron chi connectivity index (χ1n) is 9.27. The van der Waals surface area contributed by atoms with Gasteiger partial charge in [-0.1, -0.05) is 24.3 Å². The summed E-state index contributed by atoms with van der Waals surface area (Å²) in [5.74, 6) is 0.256. The number of rotatable bonds is 3. The number of nitrogens with zero attached hydrogens (tertiary/aromatic N) is 5. The van der Waals surface area contributed by atoms with Gasteiger partial charge in [-0.25, -0.2) is 19.3 Å². The van der Waals surface area contributed by atoms with E-state index in [4.69, 9.17) is 4.98 Å². The fourth-order valence-corrected chi connectivity index (χ4v) is 3.40. The van der Waals surface area contributed by atoms with Crippen molar-refractivity contribution in [2.24, 2.45) is 4.99 Å². The number of benzene rings is 1. The van der Waals surface area contributed by atoms with Gasteiger partial charge in [-0.2, -0.15) is 0 Å². The maximum Gasteiger partial charge on any atom is 0.179 e. The molecule has 0 unspecified atom stereocenters. The summed E-state index contributed by atoms with van der Waals surface area (Å²) in [6.45, 7) is 1.93. The third kappa shape index (κ3) is 3.18. The zero-order valence-electron chi connectivity index (χ0n) is 15.7. The monoisotopic (exact) mass is 381 g/mol. The smallest absolute Gasteiger partial charge is 0.179 e. The third-order valence-electron chi connectivity index (χ3n) is 4.78. The van der Waals surface area contributed by atoms with Gasteiger partial charge in [0.2, 0.25) is 0 Å². The van der Waals surface area contributed by atoms with Gasteiger partial charge in [0, 0.05) is 47.4 Å². The van der Waals surface area contributed by atoms with Crippen LogP contribution < -0.4 is 0 Å². The molecule has 0 fully saturated rings. The van der Waals surface area contributed by atoms with E-state index in [9.17, 15) is 4.39 Å². The van der Waals surface area contributed by atoms with Crippen molar-refractivity contribution in [1.82, 2.24) is 19.9 Å². The summed E-state index contributed by atoms with van der Waals surface area (Å²) >= 11 is 0. The molecule has 6 heteroatoms. The Bertz CT molecular complexity index is 1270. The van der Waals surface area contributed by atoms with Crippen molar-refractivity contribution in [3.05, 3.63) is 78.1 Å². The number of hydrogen-bond donors (Lipinski definition) is 0. The van der Waals surface area contributed by atoms with Gasteiger partial charge in [0.25, 0.3) is 0 Å². The number of aliphatic imine (C=N–C) groups is 1. The quantitative estimate of drug-likeness (QED) is 0.502. The molecule has 0 atom stereocenters. The van der Waals surface area contributed by atoms with Crippen LogP contribution in [0.15, 0.2) is 65.9 Å². The van der Waals surface area contributed by atoms with Crippen molar-refractivity contribution in [2.75, 3.05) is 0 Å². The van der Waals surface area contributed by atoms with Gasteiger partial charge in [-0.15, -0.1) is 0 Å². The van der Waals surface area contributed by atoms with Gasteiger partial charge in [-0.05, 0) is 31.2 Å². The minimum Gasteiger partial charge on any atom is -0.263 e. The molecule has 0 bridgehead atoms. The second kappa shape index (κ2) is 6.98. The lowest BCUT2D eigenvalue weighted by Crippen LogP contribution is -1.99. The predicted molar refractivity (Wildman–Crippen MR) is 110 cm³/mol. The molecule has 0 saturated carbocycles. The van der Waals surface area contributed by atoms with Gasteiger partial charge in [0.15, 0.2) is 5.82 Å². The largest absolute Gasteiger partial charge is 0.263 e. The SMILES string of the molecule is Cc1cccc(-c2nc3c(c(-c4cncc(-c5ccccc5F)c4)n2)N=CC3)n1. The van der Waals surface area contributed by atoms with Crippen LogP contribution >= 0.6 is 0 Å². The Morgan fingerprint density at radius 2 is 1.76 bits per heavy atom. The van der Waals surface area contributed by atoms with Gasteiger partial charge < -0.3 is 0 Å². The molecule has 0 spiro atoms. The van der Waals surface area contributed by atoms with Crippen LogP contribution in [-0.4, -0.2) is 26.2 Å². The first kappa shape index (κ1) is 17.3. The zero-order chi connectivity index (χ0) is 19.8. The van der Waals surface area contributed by atoms with Crippen molar-refractivity contribution >= 4 is 11.9 Å². The van der Waals surface area contributed by atoms with E-state index in [2.05, 4.69) is 19.9 Å². The molecule has 0 radical (unpaired) electrons. The summed E-state index contributed by atoms with van der Waals surface area (Å²) in [4.78, 5) is 22.8. The molecule has 140 valence electrons. The number of pyridine rings is 2. The first-order chi connectivity index (χ1) is 14.2. The summed E-state index contributed by atoms with van der Waals surface area (Å²) in [5.41, 5.74) is 5.80. The van der Waals surface area contributed by atoms with E-state index in [1.165, 1.54) is 6.07 Å². The van der Waals surface area contributed by atoms with Gasteiger partial charge in [0.05, 0.1) is 5.69 Å². The van der Waals surface area contributed by atoms with Crippen LogP contribution in [0.5, 0.6) is 0 Å². The average molecular weight is 381 g/mol. The zero-order valence-corrected chi connectivity index (χ0v) is 15.7. The Balaban J connectivity index is 1.68. The maximum absolute atomic E-state index is 14.3. The third-order valence-corrected chi connectivity index (χ3v) is 4.78. The summed E-state index contributed by atoms with van der Waals surface area (Å²) in [7, 11) is 0. The molecule has 4 aromatic rings. The van der Waals surface area contributed by atoms with Crippen molar-refractivity contribution in [3.8, 4) is 33.9 Å². The summed E-state index contributed by atoms with van der Waals surface area (Å²) in [5, 5.41) is 0. The Morgan fingerprint density at radius 3 is 2.62 bits per heavy atom. The van der Waals surface area contributed by atoms with E-state index in [1.54, 1.807) is 30.6 Å². The Morgan fingerprint density at radius 1 is 0.897 bits per heavy atom. The minimum atomic E-state index is -0.290. The summed E-state index contributed by atoms with van der Waals surface area (Å²) in [6.07, 6.45) is 5.83. The molecular formula is C23H16FN5. The normalized spacial score (nSPS) is 12.2. The van der Waals surface area contributed by atoms with E-state index < -0.39 is 0 Å². The van der Waals surface area contributed by atoms with Crippen LogP contribution in [-0.2, 0) is 6.42 Å². The Kier molecular flexibility index (Phi) is 4.17. The lowest BCUT2D eigenvalue weighted by Gasteiger charge is -2.10. The van der Waals surface area contributed by atoms with Crippen LogP contribution in [0.1, 0.15) is 11.4 Å². The number of fused-ring (bicyclic) bond motifs is 1. The molecule has 1 aliphatic rings. The van der Waals surface area contributed by atoms with Crippen LogP contribution in [0.25, 0.3) is 33.9 Å². The van der Waals surface area contributed by atoms with E-state index in [0.717, 1.165) is 22.6 Å². The molecule has 4 heterocycles. The van der Waals surface area contributed by atoms with Crippen LogP contribution in [0.4, 0.5) is 10.1 Å². The molecule has 1 aromatic carbocycles. The molecule has 0 saturated heterocycles. The summed E-state index contributed by atoms with van der Waals surface area (Å²) in [6, 6.07) is 14.3. The first-order valence-corrected chi connectivity index (χ1v) is 9.27. The Hall–Kier alpha value is -3.80. The minimum absolute atomic E-state index is 0.290. The lowest BCUT2D eigenvalue weighted by molar-refractivity contribution is 0.631. The van der Waals surface area contributed by atoms with Crippen LogP contribution in [0.3, 0.4) is 0 Å². The number of halogens is 1. The fraction of sp³-hybridized carbons (Fsp3) is 0.0870. The van der Waals surface area contributed by atoms with E-state index >= 15 is 0 Å². The lowest BCUT2D eigenvalue weighted by atomic mass is 10.0. The standard InChI is InChI=1S/C23H16FN5/c1-14-5-4-8-20(27-14)23-28-19-9-10-26-22(19)21(29-23)16-11-15(12-25-13-16)17-6-2-3-7-18(17)24/h2-8,10-13H,9H2,1H3. The highest BCUT2D eigenvalue weighted by atomic mass is 19.1. The number of aryl methyl sites for hydroxylation is 1. The van der Waals surface area contributed by atoms with Gasteiger partial charge in [0.1, 0.15) is 22.9 Å². The molecule has 0 N–H and O–H groups in total. The van der Waals surface area contributed by atoms with Crippen LogP contribution in [0, 0.1) is 12.7 Å². The van der Waals surface area contributed by atoms with Crippen molar-refractivity contribution in [1.29, 1.82) is 0 Å². The van der Waals surface area contributed by atoms with Crippen molar-refractivity contribution in [2.45, 2.75) is 13.3 Å². The van der Waals surface area contributed by atoms with Crippen molar-refractivity contribution in [3.63, 3.8) is 0 Å². The van der Waals surface area contributed by atoms with Crippen molar-refractivity contribution < 1.29 is 4.39 Å². The molecule has 29 heavy (non-hydrogen) atoms. The molecule has 5 nitrogen and oxygen atoms in total. The van der Waals surface area contributed by atoms with E-state index in [1.807, 2.05) is 37.4 Å². The van der Waals surface area contributed by atoms with Crippen LogP contribution in [0.2, 0.25) is 0 Å². The highest BCUT2D eigenvalue weighted by molar-refractivity contribution is 5.85.